The van der Waals surface area contributed by atoms with Gasteiger partial charge in [-0.1, -0.05) is 12.2 Å². The lowest BCUT2D eigenvalue weighted by Crippen LogP contribution is -2.35. The molecule has 1 aromatic heterocycles. The minimum absolute atomic E-state index is 0.206. The van der Waals surface area contributed by atoms with Crippen molar-refractivity contribution in [2.24, 2.45) is 5.92 Å². The molecule has 0 unspecified atom stereocenters. The van der Waals surface area contributed by atoms with Gasteiger partial charge in [0, 0.05) is 32.1 Å². The quantitative estimate of drug-likeness (QED) is 0.800. The van der Waals surface area contributed by atoms with Crippen LogP contribution in [0.2, 0.25) is 0 Å². The van der Waals surface area contributed by atoms with Crippen LogP contribution in [0.15, 0.2) is 24.5 Å². The Hall–Kier alpha value is -2.08. The summed E-state index contributed by atoms with van der Waals surface area (Å²) < 4.78 is 16.8. The van der Waals surface area contributed by atoms with Crippen molar-refractivity contribution in [2.75, 3.05) is 26.3 Å². The molecule has 0 saturated carbocycles. The first kappa shape index (κ1) is 19.7. The molecule has 1 amide bonds. The Morgan fingerprint density at radius 2 is 2.04 bits per heavy atom. The third-order valence-electron chi connectivity index (χ3n) is 4.64. The summed E-state index contributed by atoms with van der Waals surface area (Å²) >= 11 is 0. The van der Waals surface area contributed by atoms with Crippen LogP contribution in [0, 0.1) is 5.92 Å². The van der Waals surface area contributed by atoms with Gasteiger partial charge in [0.1, 0.15) is 17.5 Å². The van der Waals surface area contributed by atoms with Gasteiger partial charge in [-0.15, -0.1) is 0 Å². The topological polar surface area (TPSA) is 60.9 Å². The Morgan fingerprint density at radius 3 is 2.78 bits per heavy atom. The maximum Gasteiger partial charge on any atom is 0.410 e. The highest BCUT2D eigenvalue weighted by atomic mass is 16.6. The molecule has 3 rings (SSSR count). The van der Waals surface area contributed by atoms with Gasteiger partial charge in [-0.25, -0.2) is 4.79 Å². The van der Waals surface area contributed by atoms with Gasteiger partial charge in [0.2, 0.25) is 0 Å². The van der Waals surface area contributed by atoms with E-state index in [4.69, 9.17) is 14.2 Å². The van der Waals surface area contributed by atoms with Crippen LogP contribution in [0.3, 0.4) is 0 Å². The molecule has 2 aliphatic rings. The molecule has 0 aliphatic carbocycles. The number of carbonyl (C=O) groups excluding carboxylic acids is 1. The van der Waals surface area contributed by atoms with Crippen LogP contribution in [0.25, 0.3) is 6.08 Å². The molecule has 2 fully saturated rings. The summed E-state index contributed by atoms with van der Waals surface area (Å²) in [6.45, 7) is 8.61. The molecule has 148 valence electrons. The maximum absolute atomic E-state index is 12.2. The van der Waals surface area contributed by atoms with E-state index in [1.54, 1.807) is 11.1 Å². The van der Waals surface area contributed by atoms with Crippen LogP contribution < -0.4 is 4.74 Å². The first-order valence-corrected chi connectivity index (χ1v) is 9.75. The molecular weight excluding hydrogens is 344 g/mol. The van der Waals surface area contributed by atoms with E-state index in [2.05, 4.69) is 17.1 Å². The number of amides is 1. The average Bonchev–Trinajstić information content (AvgIpc) is 3.09. The number of rotatable bonds is 4. The van der Waals surface area contributed by atoms with Crippen molar-refractivity contribution in [3.63, 3.8) is 0 Å². The summed E-state index contributed by atoms with van der Waals surface area (Å²) in [5, 5.41) is 0. The van der Waals surface area contributed by atoms with Crippen molar-refractivity contribution in [1.82, 2.24) is 9.88 Å². The lowest BCUT2D eigenvalue weighted by Gasteiger charge is -2.24. The van der Waals surface area contributed by atoms with Gasteiger partial charge in [-0.2, -0.15) is 0 Å². The minimum atomic E-state index is -0.457. The van der Waals surface area contributed by atoms with Gasteiger partial charge in [0.15, 0.2) is 0 Å². The Kier molecular flexibility index (Phi) is 6.37. The zero-order valence-corrected chi connectivity index (χ0v) is 16.5. The lowest BCUT2D eigenvalue weighted by atomic mass is 10.1. The fourth-order valence-electron chi connectivity index (χ4n) is 3.26. The fourth-order valence-corrected chi connectivity index (χ4v) is 3.26. The van der Waals surface area contributed by atoms with E-state index in [-0.39, 0.29) is 12.2 Å². The normalized spacial score (nSPS) is 21.6. The first-order valence-electron chi connectivity index (χ1n) is 9.75. The number of hydrogen-bond donors (Lipinski definition) is 0. The number of carbonyl (C=O) groups is 1. The molecule has 2 aliphatic heterocycles. The second-order valence-corrected chi connectivity index (χ2v) is 8.22. The first-order chi connectivity index (χ1) is 12.9. The molecule has 0 spiro atoms. The summed E-state index contributed by atoms with van der Waals surface area (Å²) in [6.07, 6.45) is 10.6. The molecule has 0 aromatic carbocycles. The molecule has 2 saturated heterocycles. The molecule has 0 radical (unpaired) electrons. The van der Waals surface area contributed by atoms with Crippen LogP contribution >= 0.6 is 0 Å². The van der Waals surface area contributed by atoms with E-state index < -0.39 is 5.60 Å². The predicted molar refractivity (Wildman–Crippen MR) is 104 cm³/mol. The number of ether oxygens (including phenoxy) is 3. The SMILES string of the molecule is CC(C)(C)OC(=O)N1CC[C@H](C=Cc2cncc(OC3CCOCC3)c2)C1. The standard InChI is InChI=1S/C21H30N2O4/c1-21(2,3)27-20(24)23-9-6-16(15-23)4-5-17-12-19(14-22-13-17)26-18-7-10-25-11-8-18/h4-5,12-14,16,18H,6-11,15H2,1-3H3/t16-/m0/s1. The number of likely N-dealkylation sites (tertiary alicyclic amines) is 1. The number of nitrogens with zero attached hydrogens (tertiary/aromatic N) is 2. The van der Waals surface area contributed by atoms with Gasteiger partial charge in [0.05, 0.1) is 19.4 Å². The highest BCUT2D eigenvalue weighted by molar-refractivity contribution is 5.68. The van der Waals surface area contributed by atoms with E-state index in [1.807, 2.05) is 33.0 Å². The Bertz CT molecular complexity index is 662. The van der Waals surface area contributed by atoms with E-state index in [9.17, 15) is 4.79 Å². The second-order valence-electron chi connectivity index (χ2n) is 8.22. The monoisotopic (exact) mass is 374 g/mol. The smallest absolute Gasteiger partial charge is 0.410 e. The van der Waals surface area contributed by atoms with Crippen molar-refractivity contribution in [3.8, 4) is 5.75 Å². The van der Waals surface area contributed by atoms with Crippen LogP contribution in [-0.2, 0) is 9.47 Å². The summed E-state index contributed by atoms with van der Waals surface area (Å²) in [4.78, 5) is 18.2. The van der Waals surface area contributed by atoms with Crippen LogP contribution in [0.4, 0.5) is 4.79 Å². The molecule has 1 atom stereocenters. The number of pyridine rings is 1. The van der Waals surface area contributed by atoms with E-state index in [0.29, 0.717) is 12.5 Å². The molecule has 27 heavy (non-hydrogen) atoms. The molecular formula is C21H30N2O4. The Balaban J connectivity index is 1.52. The summed E-state index contributed by atoms with van der Waals surface area (Å²) in [6, 6.07) is 2.01. The highest BCUT2D eigenvalue weighted by Crippen LogP contribution is 2.23. The Labute approximate surface area is 161 Å². The van der Waals surface area contributed by atoms with Crippen molar-refractivity contribution in [1.29, 1.82) is 0 Å². The predicted octanol–water partition coefficient (Wildman–Crippen LogP) is 3.91. The third kappa shape index (κ3) is 6.24. The Morgan fingerprint density at radius 1 is 1.26 bits per heavy atom. The zero-order valence-electron chi connectivity index (χ0n) is 16.5. The number of hydrogen-bond acceptors (Lipinski definition) is 5. The lowest BCUT2D eigenvalue weighted by molar-refractivity contribution is 0.0253. The van der Waals surface area contributed by atoms with Gasteiger partial charge in [-0.05, 0) is 44.7 Å². The number of aromatic nitrogens is 1. The van der Waals surface area contributed by atoms with Gasteiger partial charge in [0.25, 0.3) is 0 Å². The van der Waals surface area contributed by atoms with Crippen LogP contribution in [0.1, 0.15) is 45.6 Å². The molecule has 0 bridgehead atoms. The molecule has 6 nitrogen and oxygen atoms in total. The third-order valence-corrected chi connectivity index (χ3v) is 4.64. The van der Waals surface area contributed by atoms with E-state index >= 15 is 0 Å². The largest absolute Gasteiger partial charge is 0.489 e. The minimum Gasteiger partial charge on any atom is -0.489 e. The maximum atomic E-state index is 12.2. The van der Waals surface area contributed by atoms with Crippen molar-refractivity contribution in [3.05, 3.63) is 30.1 Å². The van der Waals surface area contributed by atoms with Crippen LogP contribution in [-0.4, -0.2) is 54.0 Å². The molecule has 1 aromatic rings. The molecule has 6 heteroatoms. The molecule has 0 N–H and O–H groups in total. The zero-order chi connectivity index (χ0) is 19.3. The average molecular weight is 374 g/mol. The summed E-state index contributed by atoms with van der Waals surface area (Å²) in [5.41, 5.74) is 0.553. The van der Waals surface area contributed by atoms with Gasteiger partial charge in [-0.3, -0.25) is 4.98 Å². The summed E-state index contributed by atoms with van der Waals surface area (Å²) in [5.74, 6) is 1.13. The summed E-state index contributed by atoms with van der Waals surface area (Å²) in [7, 11) is 0. The fraction of sp³-hybridized carbons (Fsp3) is 0.619. The van der Waals surface area contributed by atoms with Crippen molar-refractivity contribution in [2.45, 2.75) is 51.7 Å². The van der Waals surface area contributed by atoms with Gasteiger partial charge < -0.3 is 19.1 Å². The molecule has 3 heterocycles. The van der Waals surface area contributed by atoms with E-state index in [1.165, 1.54) is 0 Å². The van der Waals surface area contributed by atoms with Crippen molar-refractivity contribution < 1.29 is 19.0 Å². The van der Waals surface area contributed by atoms with E-state index in [0.717, 1.165) is 50.3 Å². The van der Waals surface area contributed by atoms with Crippen molar-refractivity contribution >= 4 is 12.2 Å². The van der Waals surface area contributed by atoms with Crippen LogP contribution in [0.5, 0.6) is 5.75 Å². The van der Waals surface area contributed by atoms with Gasteiger partial charge >= 0.3 is 6.09 Å². The second kappa shape index (κ2) is 8.74. The highest BCUT2D eigenvalue weighted by Gasteiger charge is 2.28.